The molecular formula is C18H30N3O10P. The molecule has 0 fully saturated rings. The first-order valence-corrected chi connectivity index (χ1v) is 11.6. The van der Waals surface area contributed by atoms with Crippen LogP contribution in [0.5, 0.6) is 0 Å². The number of carbonyl (C=O) groups is 3. The SMILES string of the molecule is CCCC(=O)OC(COC(=O)CC)COP(=O)(O)OCCNC(Cc1cnc[nH]1)OC=O. The van der Waals surface area contributed by atoms with Crippen molar-refractivity contribution in [2.45, 2.75) is 51.9 Å². The average molecular weight is 479 g/mol. The van der Waals surface area contributed by atoms with E-state index in [1.807, 2.05) is 0 Å². The van der Waals surface area contributed by atoms with Crippen molar-refractivity contribution in [3.05, 3.63) is 18.2 Å². The Hall–Kier alpha value is -2.31. The van der Waals surface area contributed by atoms with Gasteiger partial charge in [-0.25, -0.2) is 9.55 Å². The molecule has 0 saturated heterocycles. The molecule has 1 heterocycles. The molecule has 1 rings (SSSR count). The largest absolute Gasteiger partial charge is 0.472 e. The predicted molar refractivity (Wildman–Crippen MR) is 109 cm³/mol. The van der Waals surface area contributed by atoms with Gasteiger partial charge in [-0.15, -0.1) is 0 Å². The summed E-state index contributed by atoms with van der Waals surface area (Å²) in [6, 6.07) is 0. The third-order valence-electron chi connectivity index (χ3n) is 3.80. The van der Waals surface area contributed by atoms with Crippen LogP contribution < -0.4 is 5.32 Å². The van der Waals surface area contributed by atoms with Gasteiger partial charge in [-0.1, -0.05) is 13.8 Å². The summed E-state index contributed by atoms with van der Waals surface area (Å²) >= 11 is 0. The van der Waals surface area contributed by atoms with Crippen LogP contribution in [0, 0.1) is 0 Å². The van der Waals surface area contributed by atoms with E-state index in [4.69, 9.17) is 23.3 Å². The monoisotopic (exact) mass is 479 g/mol. The van der Waals surface area contributed by atoms with E-state index in [9.17, 15) is 23.8 Å². The van der Waals surface area contributed by atoms with E-state index >= 15 is 0 Å². The summed E-state index contributed by atoms with van der Waals surface area (Å²) in [5.74, 6) is -1.07. The molecule has 0 bridgehead atoms. The number of imidazole rings is 1. The lowest BCUT2D eigenvalue weighted by atomic mass is 10.3. The van der Waals surface area contributed by atoms with Crippen molar-refractivity contribution in [1.82, 2.24) is 15.3 Å². The Morgan fingerprint density at radius 3 is 2.69 bits per heavy atom. The summed E-state index contributed by atoms with van der Waals surface area (Å²) in [5.41, 5.74) is 0.717. The third kappa shape index (κ3) is 12.5. The van der Waals surface area contributed by atoms with Gasteiger partial charge in [0, 0.05) is 37.7 Å². The summed E-state index contributed by atoms with van der Waals surface area (Å²) in [5, 5.41) is 2.83. The molecule has 3 N–H and O–H groups in total. The highest BCUT2D eigenvalue weighted by atomic mass is 31.2. The normalized spacial score (nSPS) is 14.7. The van der Waals surface area contributed by atoms with Crippen LogP contribution >= 0.6 is 7.82 Å². The number of hydrogen-bond donors (Lipinski definition) is 3. The zero-order chi connectivity index (χ0) is 23.8. The first-order valence-electron chi connectivity index (χ1n) is 10.1. The topological polar surface area (TPSA) is 175 Å². The van der Waals surface area contributed by atoms with E-state index in [2.05, 4.69) is 15.3 Å². The fraction of sp³-hybridized carbons (Fsp3) is 0.667. The molecule has 182 valence electrons. The molecule has 13 nitrogen and oxygen atoms in total. The van der Waals surface area contributed by atoms with Gasteiger partial charge in [0.2, 0.25) is 0 Å². The maximum atomic E-state index is 12.1. The van der Waals surface area contributed by atoms with E-state index in [0.717, 1.165) is 0 Å². The molecule has 0 radical (unpaired) electrons. The second-order valence-electron chi connectivity index (χ2n) is 6.45. The Bertz CT molecular complexity index is 731. The molecule has 0 aliphatic carbocycles. The number of ether oxygens (including phenoxy) is 3. The molecule has 0 aromatic carbocycles. The molecule has 1 aromatic rings. The van der Waals surface area contributed by atoms with Crippen LogP contribution in [0.4, 0.5) is 0 Å². The third-order valence-corrected chi connectivity index (χ3v) is 4.79. The number of nitrogens with zero attached hydrogens (tertiary/aromatic N) is 1. The Balaban J connectivity index is 2.44. The first kappa shape index (κ1) is 27.7. The van der Waals surface area contributed by atoms with Crippen LogP contribution in [0.15, 0.2) is 12.5 Å². The molecule has 0 spiro atoms. The quantitative estimate of drug-likeness (QED) is 0.0676. The van der Waals surface area contributed by atoms with Crippen molar-refractivity contribution in [3.63, 3.8) is 0 Å². The number of carbonyl (C=O) groups excluding carboxylic acids is 3. The summed E-state index contributed by atoms with van der Waals surface area (Å²) in [6.45, 7) is 2.64. The minimum absolute atomic E-state index is 0.0591. The number of phosphoric ester groups is 1. The number of hydrogen-bond acceptors (Lipinski definition) is 11. The van der Waals surface area contributed by atoms with Crippen molar-refractivity contribution in [3.8, 4) is 0 Å². The molecule has 0 aliphatic rings. The summed E-state index contributed by atoms with van der Waals surface area (Å²) in [4.78, 5) is 50.2. The van der Waals surface area contributed by atoms with Gasteiger partial charge in [-0.05, 0) is 6.42 Å². The number of esters is 2. The zero-order valence-corrected chi connectivity index (χ0v) is 19.0. The Labute approximate surface area is 185 Å². The van der Waals surface area contributed by atoms with Gasteiger partial charge in [-0.2, -0.15) is 0 Å². The Morgan fingerprint density at radius 2 is 2.06 bits per heavy atom. The maximum Gasteiger partial charge on any atom is 0.472 e. The maximum absolute atomic E-state index is 12.1. The van der Waals surface area contributed by atoms with Gasteiger partial charge in [0.05, 0.1) is 19.5 Å². The molecule has 3 unspecified atom stereocenters. The predicted octanol–water partition coefficient (Wildman–Crippen LogP) is 0.840. The van der Waals surface area contributed by atoms with Crippen molar-refractivity contribution >= 4 is 26.2 Å². The second-order valence-corrected chi connectivity index (χ2v) is 7.91. The lowest BCUT2D eigenvalue weighted by Gasteiger charge is -2.20. The van der Waals surface area contributed by atoms with E-state index in [1.54, 1.807) is 20.0 Å². The molecule has 0 amide bonds. The smallest absolute Gasteiger partial charge is 0.462 e. The van der Waals surface area contributed by atoms with Gasteiger partial charge < -0.3 is 24.1 Å². The van der Waals surface area contributed by atoms with Gasteiger partial charge in [-0.3, -0.25) is 28.7 Å². The lowest BCUT2D eigenvalue weighted by molar-refractivity contribution is -0.161. The summed E-state index contributed by atoms with van der Waals surface area (Å²) in [7, 11) is -4.49. The van der Waals surface area contributed by atoms with Crippen LogP contribution in [0.3, 0.4) is 0 Å². The highest BCUT2D eigenvalue weighted by Crippen LogP contribution is 2.43. The standard InChI is InChI=1S/C18H30N3O10P/c1-3-5-18(24)31-15(10-27-17(23)4-2)11-30-32(25,26)29-7-6-20-16(28-13-22)8-14-9-19-12-21-14/h9,12-13,15-16,20H,3-8,10-11H2,1-2H3,(H,19,21)(H,25,26). The molecule has 1 aromatic heterocycles. The molecule has 0 saturated carbocycles. The molecule has 3 atom stereocenters. The van der Waals surface area contributed by atoms with Crippen molar-refractivity contribution in [2.24, 2.45) is 0 Å². The number of aromatic amines is 1. The van der Waals surface area contributed by atoms with Gasteiger partial charge in [0.1, 0.15) is 6.61 Å². The number of aromatic nitrogens is 2. The van der Waals surface area contributed by atoms with Gasteiger partial charge in [0.25, 0.3) is 6.47 Å². The molecule has 14 heteroatoms. The van der Waals surface area contributed by atoms with Gasteiger partial charge >= 0.3 is 19.8 Å². The van der Waals surface area contributed by atoms with Crippen LogP contribution in [0.25, 0.3) is 0 Å². The number of H-pyrrole nitrogens is 1. The summed E-state index contributed by atoms with van der Waals surface area (Å²) < 4.78 is 36.7. The van der Waals surface area contributed by atoms with Crippen molar-refractivity contribution in [2.75, 3.05) is 26.4 Å². The lowest BCUT2D eigenvalue weighted by Crippen LogP contribution is -2.36. The summed E-state index contributed by atoms with van der Waals surface area (Å²) in [6.07, 6.45) is 2.39. The highest BCUT2D eigenvalue weighted by molar-refractivity contribution is 7.47. The van der Waals surface area contributed by atoms with Crippen LogP contribution in [-0.4, -0.2) is 72.0 Å². The first-order chi connectivity index (χ1) is 15.3. The van der Waals surface area contributed by atoms with E-state index in [-0.39, 0.29) is 39.1 Å². The van der Waals surface area contributed by atoms with E-state index in [1.165, 1.54) is 6.33 Å². The average Bonchev–Trinajstić information content (AvgIpc) is 3.26. The number of phosphoric acid groups is 1. The van der Waals surface area contributed by atoms with E-state index < -0.39 is 38.7 Å². The van der Waals surface area contributed by atoms with Crippen LogP contribution in [-0.2, 0) is 48.6 Å². The van der Waals surface area contributed by atoms with Crippen molar-refractivity contribution in [1.29, 1.82) is 0 Å². The minimum Gasteiger partial charge on any atom is -0.462 e. The van der Waals surface area contributed by atoms with Gasteiger partial charge in [0.15, 0.2) is 12.3 Å². The molecular weight excluding hydrogens is 449 g/mol. The molecule has 0 aliphatic heterocycles. The van der Waals surface area contributed by atoms with E-state index in [0.29, 0.717) is 18.5 Å². The van der Waals surface area contributed by atoms with Crippen LogP contribution in [0.2, 0.25) is 0 Å². The fourth-order valence-corrected chi connectivity index (χ4v) is 3.03. The van der Waals surface area contributed by atoms with Crippen molar-refractivity contribution < 1.29 is 47.1 Å². The number of rotatable bonds is 18. The molecule has 32 heavy (non-hydrogen) atoms. The number of nitrogens with one attached hydrogen (secondary N) is 2. The fourth-order valence-electron chi connectivity index (χ4n) is 2.28. The second kappa shape index (κ2) is 15.5. The Morgan fingerprint density at radius 1 is 1.28 bits per heavy atom. The van der Waals surface area contributed by atoms with Crippen LogP contribution in [0.1, 0.15) is 38.8 Å². The highest BCUT2D eigenvalue weighted by Gasteiger charge is 2.26. The Kier molecular flexibility index (Phi) is 13.4. The zero-order valence-electron chi connectivity index (χ0n) is 18.1. The minimum atomic E-state index is -4.49.